The van der Waals surface area contributed by atoms with Crippen LogP contribution in [0.1, 0.15) is 12.8 Å². The minimum Gasteiger partial charge on any atom is -0.489 e. The van der Waals surface area contributed by atoms with Gasteiger partial charge in [0.25, 0.3) is 0 Å². The highest BCUT2D eigenvalue weighted by molar-refractivity contribution is 5.78. The molecule has 0 bridgehead atoms. The van der Waals surface area contributed by atoms with E-state index in [-0.39, 0.29) is 24.1 Å². The fraction of sp³-hybridized carbons (Fsp3) is 0.500. The Morgan fingerprint density at radius 3 is 2.89 bits per heavy atom. The van der Waals surface area contributed by atoms with Gasteiger partial charge in [0.05, 0.1) is 13.1 Å². The van der Waals surface area contributed by atoms with Gasteiger partial charge in [0.2, 0.25) is 5.91 Å². The van der Waals surface area contributed by atoms with Gasteiger partial charge in [-0.3, -0.25) is 4.79 Å². The van der Waals surface area contributed by atoms with Gasteiger partial charge in [-0.15, -0.1) is 0 Å². The van der Waals surface area contributed by atoms with E-state index >= 15 is 0 Å². The highest BCUT2D eigenvalue weighted by atomic mass is 19.1. The Morgan fingerprint density at radius 2 is 2.21 bits per heavy atom. The number of carbonyl (C=O) groups excluding carboxylic acids is 1. The fourth-order valence-corrected chi connectivity index (χ4v) is 1.63. The van der Waals surface area contributed by atoms with Crippen molar-refractivity contribution in [2.75, 3.05) is 26.7 Å². The van der Waals surface area contributed by atoms with Crippen molar-refractivity contribution >= 4 is 5.91 Å². The molecule has 1 aliphatic rings. The number of likely N-dealkylation sites (N-methyl/N-ethyl adjacent to an activating group) is 1. The summed E-state index contributed by atoms with van der Waals surface area (Å²) >= 11 is 0. The van der Waals surface area contributed by atoms with Gasteiger partial charge in [-0.25, -0.2) is 4.39 Å². The Hall–Kier alpha value is -1.62. The molecule has 0 radical (unpaired) electrons. The molecule has 5 heteroatoms. The average Bonchev–Trinajstić information content (AvgIpc) is 3.22. The second kappa shape index (κ2) is 6.52. The summed E-state index contributed by atoms with van der Waals surface area (Å²) in [4.78, 5) is 13.3. The number of rotatable bonds is 7. The predicted octanol–water partition coefficient (Wildman–Crippen LogP) is 1.41. The van der Waals surface area contributed by atoms with Crippen molar-refractivity contribution in [2.45, 2.75) is 18.9 Å². The molecule has 1 aliphatic carbocycles. The topological polar surface area (TPSA) is 41.6 Å². The third-order valence-corrected chi connectivity index (χ3v) is 3.07. The lowest BCUT2D eigenvalue weighted by atomic mass is 10.3. The normalized spacial score (nSPS) is 14.2. The van der Waals surface area contributed by atoms with E-state index in [2.05, 4.69) is 5.32 Å². The zero-order valence-electron chi connectivity index (χ0n) is 11.1. The number of nitrogens with zero attached hydrogens (tertiary/aromatic N) is 1. The molecule has 0 atom stereocenters. The van der Waals surface area contributed by atoms with E-state index in [0.717, 1.165) is 12.8 Å². The number of nitrogens with one attached hydrogen (secondary N) is 1. The molecular weight excluding hydrogens is 247 g/mol. The number of halogens is 1. The van der Waals surface area contributed by atoms with E-state index in [0.29, 0.717) is 19.1 Å². The third-order valence-electron chi connectivity index (χ3n) is 3.07. The first-order valence-electron chi connectivity index (χ1n) is 6.51. The molecule has 0 saturated heterocycles. The molecule has 0 aliphatic heterocycles. The lowest BCUT2D eigenvalue weighted by Crippen LogP contribution is -2.38. The molecule has 4 nitrogen and oxygen atoms in total. The van der Waals surface area contributed by atoms with Crippen molar-refractivity contribution in [2.24, 2.45) is 0 Å². The lowest BCUT2D eigenvalue weighted by Gasteiger charge is -2.17. The van der Waals surface area contributed by atoms with Crippen LogP contribution in [0.25, 0.3) is 0 Å². The summed E-state index contributed by atoms with van der Waals surface area (Å²) in [5.41, 5.74) is 0. The molecule has 1 aromatic rings. The minimum atomic E-state index is -0.383. The van der Waals surface area contributed by atoms with Crippen LogP contribution in [0.2, 0.25) is 0 Å². The molecule has 19 heavy (non-hydrogen) atoms. The quantitative estimate of drug-likeness (QED) is 0.811. The van der Waals surface area contributed by atoms with Crippen LogP contribution in [0.15, 0.2) is 24.3 Å². The van der Waals surface area contributed by atoms with Crippen LogP contribution < -0.4 is 10.1 Å². The van der Waals surface area contributed by atoms with Gasteiger partial charge in [-0.2, -0.15) is 0 Å². The molecule has 104 valence electrons. The van der Waals surface area contributed by atoms with Gasteiger partial charge in [-0.05, 0) is 25.0 Å². The summed E-state index contributed by atoms with van der Waals surface area (Å²) in [7, 11) is 1.72. The van der Waals surface area contributed by atoms with Crippen LogP contribution in [0, 0.1) is 5.82 Å². The number of carbonyl (C=O) groups is 1. The van der Waals surface area contributed by atoms with Gasteiger partial charge in [-0.1, -0.05) is 12.1 Å². The predicted molar refractivity (Wildman–Crippen MR) is 70.6 cm³/mol. The van der Waals surface area contributed by atoms with Crippen LogP contribution in [0.4, 0.5) is 4.39 Å². The molecule has 1 N–H and O–H groups in total. The maximum Gasteiger partial charge on any atom is 0.236 e. The smallest absolute Gasteiger partial charge is 0.236 e. The van der Waals surface area contributed by atoms with Gasteiger partial charge in [0.15, 0.2) is 11.6 Å². The van der Waals surface area contributed by atoms with Crippen LogP contribution >= 0.6 is 0 Å². The van der Waals surface area contributed by atoms with Gasteiger partial charge in [0, 0.05) is 13.1 Å². The van der Waals surface area contributed by atoms with Crippen LogP contribution in [0.5, 0.6) is 5.75 Å². The monoisotopic (exact) mass is 266 g/mol. The molecule has 2 rings (SSSR count). The molecule has 1 fully saturated rings. The SMILES string of the molecule is CN(CCOc1ccccc1F)C(=O)CNC1CC1. The summed E-state index contributed by atoms with van der Waals surface area (Å²) in [6.45, 7) is 1.09. The van der Waals surface area contributed by atoms with E-state index in [1.165, 1.54) is 6.07 Å². The molecule has 0 unspecified atom stereocenters. The Morgan fingerprint density at radius 1 is 1.47 bits per heavy atom. The number of hydrogen-bond acceptors (Lipinski definition) is 3. The van der Waals surface area contributed by atoms with Crippen LogP contribution in [-0.2, 0) is 4.79 Å². The highest BCUT2D eigenvalue weighted by Crippen LogP contribution is 2.18. The molecule has 1 amide bonds. The van der Waals surface area contributed by atoms with E-state index < -0.39 is 0 Å². The summed E-state index contributed by atoms with van der Waals surface area (Å²) in [5, 5.41) is 3.16. The van der Waals surface area contributed by atoms with Crippen LogP contribution in [-0.4, -0.2) is 43.6 Å². The molecule has 0 aromatic heterocycles. The number of hydrogen-bond donors (Lipinski definition) is 1. The Balaban J connectivity index is 1.66. The first kappa shape index (κ1) is 13.8. The van der Waals surface area contributed by atoms with Crippen molar-refractivity contribution in [3.63, 3.8) is 0 Å². The second-order valence-corrected chi connectivity index (χ2v) is 4.75. The maximum absolute atomic E-state index is 13.3. The zero-order valence-corrected chi connectivity index (χ0v) is 11.1. The standard InChI is InChI=1S/C14H19FN2O2/c1-17(14(18)10-16-11-6-7-11)8-9-19-13-5-3-2-4-12(13)15/h2-5,11,16H,6-10H2,1H3. The number of amides is 1. The summed E-state index contributed by atoms with van der Waals surface area (Å²) in [6, 6.07) is 6.77. The van der Waals surface area contributed by atoms with Gasteiger partial charge in [0.1, 0.15) is 6.61 Å². The molecule has 1 saturated carbocycles. The number of para-hydroxylation sites is 1. The van der Waals surface area contributed by atoms with Crippen molar-refractivity contribution in [3.05, 3.63) is 30.1 Å². The van der Waals surface area contributed by atoms with Gasteiger partial charge >= 0.3 is 0 Å². The van der Waals surface area contributed by atoms with E-state index in [4.69, 9.17) is 4.74 Å². The first-order chi connectivity index (χ1) is 9.16. The first-order valence-corrected chi connectivity index (χ1v) is 6.51. The molecule has 0 spiro atoms. The Kier molecular flexibility index (Phi) is 4.74. The fourth-order valence-electron chi connectivity index (χ4n) is 1.63. The summed E-state index contributed by atoms with van der Waals surface area (Å²) in [5.74, 6) is -0.129. The zero-order chi connectivity index (χ0) is 13.7. The molecule has 1 aromatic carbocycles. The van der Waals surface area contributed by atoms with Gasteiger partial charge < -0.3 is 15.0 Å². The maximum atomic E-state index is 13.3. The van der Waals surface area contributed by atoms with E-state index in [1.807, 2.05) is 0 Å². The Labute approximate surface area is 112 Å². The van der Waals surface area contributed by atoms with Crippen LogP contribution in [0.3, 0.4) is 0 Å². The van der Waals surface area contributed by atoms with Crippen molar-refractivity contribution in [3.8, 4) is 5.75 Å². The average molecular weight is 266 g/mol. The lowest BCUT2D eigenvalue weighted by molar-refractivity contribution is -0.129. The minimum absolute atomic E-state index is 0.0315. The van der Waals surface area contributed by atoms with Crippen molar-refractivity contribution < 1.29 is 13.9 Å². The number of benzene rings is 1. The third kappa shape index (κ3) is 4.52. The summed E-state index contributed by atoms with van der Waals surface area (Å²) in [6.07, 6.45) is 2.32. The highest BCUT2D eigenvalue weighted by Gasteiger charge is 2.21. The summed E-state index contributed by atoms with van der Waals surface area (Å²) < 4.78 is 18.6. The second-order valence-electron chi connectivity index (χ2n) is 4.75. The van der Waals surface area contributed by atoms with E-state index in [1.54, 1.807) is 30.1 Å². The number of ether oxygens (including phenoxy) is 1. The van der Waals surface area contributed by atoms with Crippen molar-refractivity contribution in [1.29, 1.82) is 0 Å². The largest absolute Gasteiger partial charge is 0.489 e. The molecule has 0 heterocycles. The molecular formula is C14H19FN2O2. The van der Waals surface area contributed by atoms with Crippen molar-refractivity contribution in [1.82, 2.24) is 10.2 Å². The van der Waals surface area contributed by atoms with E-state index in [9.17, 15) is 9.18 Å². The Bertz CT molecular complexity index is 435.